The van der Waals surface area contributed by atoms with Crippen LogP contribution < -0.4 is 4.72 Å². The fourth-order valence-corrected chi connectivity index (χ4v) is 2.65. The van der Waals surface area contributed by atoms with E-state index in [-0.39, 0.29) is 16.9 Å². The molecule has 0 aliphatic rings. The van der Waals surface area contributed by atoms with Gasteiger partial charge in [-0.25, -0.2) is 13.1 Å². The fraction of sp³-hybridized carbons (Fsp3) is 0.500. The minimum atomic E-state index is -3.49. The van der Waals surface area contributed by atoms with Gasteiger partial charge in [0.25, 0.3) is 0 Å². The number of nitrogens with one attached hydrogen (secondary N) is 1. The molecule has 0 aliphatic heterocycles. The Hall–Kier alpha value is -0.650. The van der Waals surface area contributed by atoms with Crippen LogP contribution >= 0.6 is 11.6 Å². The lowest BCUT2D eigenvalue weighted by Gasteiger charge is -2.18. The molecular formula is C10H15ClN2O2S. The van der Waals surface area contributed by atoms with Gasteiger partial charge in [0.15, 0.2) is 0 Å². The van der Waals surface area contributed by atoms with E-state index in [1.54, 1.807) is 13.0 Å². The Bertz CT molecular complexity index is 422. The molecule has 4 nitrogen and oxygen atoms in total. The molecule has 0 aromatic carbocycles. The van der Waals surface area contributed by atoms with Gasteiger partial charge in [-0.2, -0.15) is 0 Å². The number of aromatic nitrogens is 1. The first-order valence-electron chi connectivity index (χ1n) is 4.95. The van der Waals surface area contributed by atoms with Gasteiger partial charge < -0.3 is 0 Å². The highest BCUT2D eigenvalue weighted by Gasteiger charge is 2.20. The zero-order valence-electron chi connectivity index (χ0n) is 9.22. The molecule has 1 heterocycles. The van der Waals surface area contributed by atoms with Crippen LogP contribution in [0.5, 0.6) is 0 Å². The van der Waals surface area contributed by atoms with Gasteiger partial charge >= 0.3 is 0 Å². The molecule has 0 aliphatic carbocycles. The molecule has 0 bridgehead atoms. The van der Waals surface area contributed by atoms with Gasteiger partial charge in [0.1, 0.15) is 4.90 Å². The van der Waals surface area contributed by atoms with E-state index in [4.69, 9.17) is 11.6 Å². The first kappa shape index (κ1) is 13.4. The Kier molecular flexibility index (Phi) is 4.70. The molecule has 0 spiro atoms. The van der Waals surface area contributed by atoms with Gasteiger partial charge in [-0.15, -0.1) is 11.6 Å². The topological polar surface area (TPSA) is 59.1 Å². The third-order valence-electron chi connectivity index (χ3n) is 2.38. The van der Waals surface area contributed by atoms with Crippen LogP contribution in [0.25, 0.3) is 0 Å². The maximum Gasteiger partial charge on any atom is 0.242 e. The summed E-state index contributed by atoms with van der Waals surface area (Å²) in [6.45, 7) is 3.68. The highest BCUT2D eigenvalue weighted by molar-refractivity contribution is 7.89. The minimum absolute atomic E-state index is 0.0770. The van der Waals surface area contributed by atoms with E-state index in [1.165, 1.54) is 18.5 Å². The van der Waals surface area contributed by atoms with Gasteiger partial charge in [-0.3, -0.25) is 4.98 Å². The Morgan fingerprint density at radius 1 is 1.50 bits per heavy atom. The molecule has 0 amide bonds. The van der Waals surface area contributed by atoms with Crippen molar-refractivity contribution in [3.63, 3.8) is 0 Å². The predicted octanol–water partition coefficient (Wildman–Crippen LogP) is 1.62. The van der Waals surface area contributed by atoms with E-state index in [2.05, 4.69) is 9.71 Å². The molecule has 16 heavy (non-hydrogen) atoms. The van der Waals surface area contributed by atoms with Crippen molar-refractivity contribution in [2.75, 3.05) is 5.88 Å². The SMILES string of the molecule is CC(CCl)C(C)NS(=O)(=O)c1cccnc1. The molecule has 6 heteroatoms. The van der Waals surface area contributed by atoms with Crippen LogP contribution in [0.1, 0.15) is 13.8 Å². The second kappa shape index (κ2) is 5.61. The molecule has 0 radical (unpaired) electrons. The summed E-state index contributed by atoms with van der Waals surface area (Å²) in [6.07, 6.45) is 2.85. The maximum absolute atomic E-state index is 11.9. The number of hydrogen-bond donors (Lipinski definition) is 1. The number of pyridine rings is 1. The zero-order valence-corrected chi connectivity index (χ0v) is 10.8. The standard InChI is InChI=1S/C10H15ClN2O2S/c1-8(6-11)9(2)13-16(14,15)10-4-3-5-12-7-10/h3-5,7-9,13H,6H2,1-2H3. The summed E-state index contributed by atoms with van der Waals surface area (Å²) < 4.78 is 26.3. The number of alkyl halides is 1. The molecular weight excluding hydrogens is 248 g/mol. The van der Waals surface area contributed by atoms with Crippen molar-refractivity contribution < 1.29 is 8.42 Å². The number of halogens is 1. The summed E-state index contributed by atoms with van der Waals surface area (Å²) in [5.41, 5.74) is 0. The smallest absolute Gasteiger partial charge is 0.242 e. The monoisotopic (exact) mass is 262 g/mol. The summed E-state index contributed by atoms with van der Waals surface area (Å²) in [5.74, 6) is 0.490. The summed E-state index contributed by atoms with van der Waals surface area (Å²) >= 11 is 5.67. The molecule has 1 aromatic heterocycles. The Balaban J connectivity index is 2.81. The summed E-state index contributed by atoms with van der Waals surface area (Å²) in [4.78, 5) is 3.95. The Labute approximate surface area is 101 Å². The third-order valence-corrected chi connectivity index (χ3v) is 4.41. The lowest BCUT2D eigenvalue weighted by Crippen LogP contribution is -2.37. The lowest BCUT2D eigenvalue weighted by molar-refractivity contribution is 0.480. The van der Waals surface area contributed by atoms with Crippen molar-refractivity contribution in [1.29, 1.82) is 0 Å². The van der Waals surface area contributed by atoms with Crippen molar-refractivity contribution in [2.45, 2.75) is 24.8 Å². The highest BCUT2D eigenvalue weighted by Crippen LogP contribution is 2.11. The maximum atomic E-state index is 11.9. The van der Waals surface area contributed by atoms with Crippen LogP contribution in [-0.4, -0.2) is 25.3 Å². The third kappa shape index (κ3) is 3.43. The normalized spacial score (nSPS) is 15.7. The van der Waals surface area contributed by atoms with E-state index >= 15 is 0 Å². The largest absolute Gasteiger partial charge is 0.263 e. The summed E-state index contributed by atoms with van der Waals surface area (Å²) in [6, 6.07) is 2.89. The first-order chi connectivity index (χ1) is 7.47. The van der Waals surface area contributed by atoms with Crippen LogP contribution in [0.4, 0.5) is 0 Å². The minimum Gasteiger partial charge on any atom is -0.263 e. The van der Waals surface area contributed by atoms with E-state index in [0.29, 0.717) is 5.88 Å². The van der Waals surface area contributed by atoms with Crippen LogP contribution in [-0.2, 0) is 10.0 Å². The highest BCUT2D eigenvalue weighted by atomic mass is 35.5. The Morgan fingerprint density at radius 3 is 2.69 bits per heavy atom. The van der Waals surface area contributed by atoms with Crippen molar-refractivity contribution in [2.24, 2.45) is 5.92 Å². The number of rotatable bonds is 5. The number of hydrogen-bond acceptors (Lipinski definition) is 3. The molecule has 1 rings (SSSR count). The van der Waals surface area contributed by atoms with Crippen molar-refractivity contribution >= 4 is 21.6 Å². The molecule has 90 valence electrons. The van der Waals surface area contributed by atoms with Gasteiger partial charge in [-0.1, -0.05) is 6.92 Å². The van der Waals surface area contributed by atoms with Crippen molar-refractivity contribution in [3.05, 3.63) is 24.5 Å². The second-order valence-electron chi connectivity index (χ2n) is 3.73. The van der Waals surface area contributed by atoms with Crippen LogP contribution in [0.3, 0.4) is 0 Å². The van der Waals surface area contributed by atoms with Crippen molar-refractivity contribution in [3.8, 4) is 0 Å². The van der Waals surface area contributed by atoms with E-state index in [0.717, 1.165) is 0 Å². The summed E-state index contributed by atoms with van der Waals surface area (Å²) in [5, 5.41) is 0. The van der Waals surface area contributed by atoms with Gasteiger partial charge in [0, 0.05) is 24.3 Å². The van der Waals surface area contributed by atoms with Crippen LogP contribution in [0.2, 0.25) is 0 Å². The molecule has 1 N–H and O–H groups in total. The van der Waals surface area contributed by atoms with Crippen LogP contribution in [0.15, 0.2) is 29.4 Å². The quantitative estimate of drug-likeness (QED) is 0.821. The van der Waals surface area contributed by atoms with E-state index < -0.39 is 10.0 Å². The van der Waals surface area contributed by atoms with E-state index in [1.807, 2.05) is 6.92 Å². The van der Waals surface area contributed by atoms with Crippen molar-refractivity contribution in [1.82, 2.24) is 9.71 Å². The second-order valence-corrected chi connectivity index (χ2v) is 5.75. The summed E-state index contributed by atoms with van der Waals surface area (Å²) in [7, 11) is -3.49. The fourth-order valence-electron chi connectivity index (χ4n) is 1.07. The average molecular weight is 263 g/mol. The van der Waals surface area contributed by atoms with Crippen LogP contribution in [0, 0.1) is 5.92 Å². The van der Waals surface area contributed by atoms with Gasteiger partial charge in [-0.05, 0) is 25.0 Å². The molecule has 0 fully saturated rings. The molecule has 2 atom stereocenters. The first-order valence-corrected chi connectivity index (χ1v) is 6.97. The Morgan fingerprint density at radius 2 is 2.19 bits per heavy atom. The predicted molar refractivity (Wildman–Crippen MR) is 63.9 cm³/mol. The lowest BCUT2D eigenvalue weighted by atomic mass is 10.1. The zero-order chi connectivity index (χ0) is 12.2. The number of nitrogens with zero attached hydrogens (tertiary/aromatic N) is 1. The molecule has 0 saturated carbocycles. The average Bonchev–Trinajstić information content (AvgIpc) is 2.28. The number of sulfonamides is 1. The van der Waals surface area contributed by atoms with Gasteiger partial charge in [0.05, 0.1) is 0 Å². The van der Waals surface area contributed by atoms with Gasteiger partial charge in [0.2, 0.25) is 10.0 Å². The van der Waals surface area contributed by atoms with E-state index in [9.17, 15) is 8.42 Å². The molecule has 2 unspecified atom stereocenters. The molecule has 0 saturated heterocycles. The molecule has 1 aromatic rings.